The van der Waals surface area contributed by atoms with Crippen molar-refractivity contribution in [2.24, 2.45) is 5.10 Å². The molecule has 2 heterocycles. The lowest BCUT2D eigenvalue weighted by Crippen LogP contribution is -2.42. The normalized spacial score (nSPS) is 15.3. The summed E-state index contributed by atoms with van der Waals surface area (Å²) < 4.78 is 5.17. The van der Waals surface area contributed by atoms with Crippen molar-refractivity contribution in [3.8, 4) is 0 Å². The number of carbonyl (C=O) groups is 2. The zero-order chi connectivity index (χ0) is 24.1. The minimum atomic E-state index is -0.333. The maximum Gasteiger partial charge on any atom is 0.262 e. The van der Waals surface area contributed by atoms with Gasteiger partial charge in [0.1, 0.15) is 6.54 Å². The molecule has 3 aromatic rings. The highest BCUT2D eigenvalue weighted by molar-refractivity contribution is 7.12. The first kappa shape index (κ1) is 24.4. The van der Waals surface area contributed by atoms with Crippen LogP contribution in [0.2, 0.25) is 10.0 Å². The van der Waals surface area contributed by atoms with E-state index < -0.39 is 0 Å². The summed E-state index contributed by atoms with van der Waals surface area (Å²) in [6.45, 7) is 0.375. The number of hydrogen-bond donors (Lipinski definition) is 0. The van der Waals surface area contributed by atoms with Crippen molar-refractivity contribution >= 4 is 52.1 Å². The van der Waals surface area contributed by atoms with Crippen LogP contribution < -0.4 is 0 Å². The van der Waals surface area contributed by atoms with E-state index in [-0.39, 0.29) is 37.6 Å². The molecule has 9 heteroatoms. The predicted molar refractivity (Wildman–Crippen MR) is 136 cm³/mol. The second-order valence-corrected chi connectivity index (χ2v) is 9.52. The Morgan fingerprint density at radius 2 is 1.88 bits per heavy atom. The molecular weight excluding hydrogens is 493 g/mol. The van der Waals surface area contributed by atoms with Crippen LogP contribution in [0.5, 0.6) is 0 Å². The lowest BCUT2D eigenvalue weighted by atomic mass is 10.0. The van der Waals surface area contributed by atoms with Crippen LogP contribution in [0.1, 0.15) is 33.3 Å². The standard InChI is InChI=1S/C25H23Cl2N3O3S/c1-33-13-12-29(25(32)19-5-2-3-6-20(19)27)16-24(31)30-22(17-8-10-18(26)11-9-17)15-21(28-30)23-7-4-14-34-23/h2-11,14,22H,12-13,15-16H2,1H3/t22-/m1/s1. The van der Waals surface area contributed by atoms with Crippen LogP contribution in [-0.2, 0) is 9.53 Å². The Kier molecular flexibility index (Phi) is 8.00. The van der Waals surface area contributed by atoms with Gasteiger partial charge in [-0.15, -0.1) is 11.3 Å². The molecule has 34 heavy (non-hydrogen) atoms. The molecule has 0 N–H and O–H groups in total. The fourth-order valence-electron chi connectivity index (χ4n) is 3.77. The first-order valence-electron chi connectivity index (χ1n) is 10.7. The average Bonchev–Trinajstić information content (AvgIpc) is 3.52. The Balaban J connectivity index is 1.61. The Bertz CT molecular complexity index is 1180. The molecule has 1 aliphatic rings. The van der Waals surface area contributed by atoms with Gasteiger partial charge in [0, 0.05) is 25.1 Å². The Hall–Kier alpha value is -2.71. The number of benzene rings is 2. The molecule has 2 aromatic carbocycles. The van der Waals surface area contributed by atoms with Gasteiger partial charge in [-0.2, -0.15) is 5.10 Å². The van der Waals surface area contributed by atoms with Crippen LogP contribution in [0.15, 0.2) is 71.1 Å². The summed E-state index contributed by atoms with van der Waals surface area (Å²) in [5, 5.41) is 9.10. The van der Waals surface area contributed by atoms with Gasteiger partial charge in [0.25, 0.3) is 11.8 Å². The highest BCUT2D eigenvalue weighted by Crippen LogP contribution is 2.34. The Labute approximate surface area is 212 Å². The minimum Gasteiger partial charge on any atom is -0.383 e. The van der Waals surface area contributed by atoms with E-state index in [0.717, 1.165) is 16.2 Å². The molecule has 0 fully saturated rings. The van der Waals surface area contributed by atoms with Crippen molar-refractivity contribution in [2.45, 2.75) is 12.5 Å². The summed E-state index contributed by atoms with van der Waals surface area (Å²) in [4.78, 5) is 29.2. The van der Waals surface area contributed by atoms with Crippen LogP contribution >= 0.6 is 34.5 Å². The molecule has 2 amide bonds. The third kappa shape index (κ3) is 5.50. The van der Waals surface area contributed by atoms with Crippen molar-refractivity contribution in [3.05, 3.63) is 92.1 Å². The van der Waals surface area contributed by atoms with Gasteiger partial charge in [-0.1, -0.05) is 53.5 Å². The average molecular weight is 516 g/mol. The van der Waals surface area contributed by atoms with Crippen LogP contribution in [0.4, 0.5) is 0 Å². The molecule has 6 nitrogen and oxygen atoms in total. The van der Waals surface area contributed by atoms with E-state index in [9.17, 15) is 9.59 Å². The highest BCUT2D eigenvalue weighted by atomic mass is 35.5. The van der Waals surface area contributed by atoms with Gasteiger partial charge < -0.3 is 9.64 Å². The van der Waals surface area contributed by atoms with Crippen LogP contribution in [0.25, 0.3) is 0 Å². The molecule has 0 radical (unpaired) electrons. The molecule has 1 atom stereocenters. The number of carbonyl (C=O) groups excluding carboxylic acids is 2. The van der Waals surface area contributed by atoms with E-state index in [1.165, 1.54) is 9.91 Å². The Morgan fingerprint density at radius 3 is 2.56 bits per heavy atom. The fraction of sp³-hybridized carbons (Fsp3) is 0.240. The molecule has 0 saturated carbocycles. The van der Waals surface area contributed by atoms with E-state index in [2.05, 4.69) is 5.10 Å². The van der Waals surface area contributed by atoms with Gasteiger partial charge in [-0.3, -0.25) is 9.59 Å². The zero-order valence-corrected chi connectivity index (χ0v) is 20.8. The SMILES string of the molecule is COCCN(CC(=O)N1N=C(c2cccs2)C[C@@H]1c1ccc(Cl)cc1)C(=O)c1ccccc1Cl. The first-order chi connectivity index (χ1) is 16.5. The molecule has 0 unspecified atom stereocenters. The maximum absolute atomic E-state index is 13.5. The second kappa shape index (κ2) is 11.1. The summed E-state index contributed by atoms with van der Waals surface area (Å²) in [5.41, 5.74) is 2.10. The van der Waals surface area contributed by atoms with Crippen molar-refractivity contribution < 1.29 is 14.3 Å². The first-order valence-corrected chi connectivity index (χ1v) is 12.3. The number of thiophene rings is 1. The molecule has 0 bridgehead atoms. The van der Waals surface area contributed by atoms with Gasteiger partial charge in [0.15, 0.2) is 0 Å². The van der Waals surface area contributed by atoms with E-state index in [4.69, 9.17) is 27.9 Å². The molecule has 1 aromatic heterocycles. The molecule has 0 saturated heterocycles. The largest absolute Gasteiger partial charge is 0.383 e. The summed E-state index contributed by atoms with van der Waals surface area (Å²) in [7, 11) is 1.55. The van der Waals surface area contributed by atoms with Crippen LogP contribution in [-0.4, -0.2) is 54.2 Å². The topological polar surface area (TPSA) is 62.2 Å². The fourth-order valence-corrected chi connectivity index (χ4v) is 4.83. The number of rotatable bonds is 8. The maximum atomic E-state index is 13.5. The third-order valence-electron chi connectivity index (χ3n) is 5.51. The van der Waals surface area contributed by atoms with Crippen molar-refractivity contribution in [3.63, 3.8) is 0 Å². The van der Waals surface area contributed by atoms with Gasteiger partial charge in [0.2, 0.25) is 0 Å². The number of ether oxygens (including phenoxy) is 1. The van der Waals surface area contributed by atoms with Gasteiger partial charge in [-0.05, 0) is 41.3 Å². The van der Waals surface area contributed by atoms with Crippen molar-refractivity contribution in [1.29, 1.82) is 0 Å². The lowest BCUT2D eigenvalue weighted by molar-refractivity contribution is -0.133. The number of halogens is 2. The summed E-state index contributed by atoms with van der Waals surface area (Å²) >= 11 is 13.9. The summed E-state index contributed by atoms with van der Waals surface area (Å²) in [5.74, 6) is -0.622. The zero-order valence-electron chi connectivity index (χ0n) is 18.5. The van der Waals surface area contributed by atoms with E-state index in [1.54, 1.807) is 54.8 Å². The van der Waals surface area contributed by atoms with Crippen molar-refractivity contribution in [2.75, 3.05) is 26.8 Å². The third-order valence-corrected chi connectivity index (χ3v) is 7.01. The van der Waals surface area contributed by atoms with Gasteiger partial charge >= 0.3 is 0 Å². The smallest absolute Gasteiger partial charge is 0.262 e. The molecule has 176 valence electrons. The van der Waals surface area contributed by atoms with Crippen LogP contribution in [0, 0.1) is 0 Å². The molecule has 4 rings (SSSR count). The van der Waals surface area contributed by atoms with E-state index in [1.807, 2.05) is 29.6 Å². The summed E-state index contributed by atoms with van der Waals surface area (Å²) in [6, 6.07) is 17.9. The lowest BCUT2D eigenvalue weighted by Gasteiger charge is -2.27. The molecule has 0 spiro atoms. The number of hydrazone groups is 1. The van der Waals surface area contributed by atoms with E-state index >= 15 is 0 Å². The van der Waals surface area contributed by atoms with Crippen molar-refractivity contribution in [1.82, 2.24) is 9.91 Å². The minimum absolute atomic E-state index is 0.154. The van der Waals surface area contributed by atoms with Gasteiger partial charge in [-0.25, -0.2) is 5.01 Å². The highest BCUT2D eigenvalue weighted by Gasteiger charge is 2.35. The monoisotopic (exact) mass is 515 g/mol. The molecular formula is C25H23Cl2N3O3S. The molecule has 0 aliphatic carbocycles. The second-order valence-electron chi connectivity index (χ2n) is 7.73. The molecule has 1 aliphatic heterocycles. The van der Waals surface area contributed by atoms with E-state index in [0.29, 0.717) is 22.0 Å². The number of nitrogens with zero attached hydrogens (tertiary/aromatic N) is 3. The predicted octanol–water partition coefficient (Wildman–Crippen LogP) is 5.52. The Morgan fingerprint density at radius 1 is 1.12 bits per heavy atom. The summed E-state index contributed by atoms with van der Waals surface area (Å²) in [6.07, 6.45) is 0.574. The quantitative estimate of drug-likeness (QED) is 0.396. The number of methoxy groups -OCH3 is 1. The number of hydrogen-bond acceptors (Lipinski definition) is 5. The van der Waals surface area contributed by atoms with Gasteiger partial charge in [0.05, 0.1) is 33.8 Å². The van der Waals surface area contributed by atoms with Crippen LogP contribution in [0.3, 0.4) is 0 Å². The number of amides is 2.